The average molecular weight is 450 g/mol. The number of carbonyl (C=O) groups excluding carboxylic acids is 1. The molecule has 0 radical (unpaired) electrons. The third-order valence-electron chi connectivity index (χ3n) is 5.07. The lowest BCUT2D eigenvalue weighted by atomic mass is 10.0. The van der Waals surface area contributed by atoms with Crippen LogP contribution in [0.1, 0.15) is 27.6 Å². The van der Waals surface area contributed by atoms with Crippen LogP contribution in [0, 0.1) is 13.8 Å². The number of thiophene rings is 1. The van der Waals surface area contributed by atoms with Crippen molar-refractivity contribution < 1.29 is 4.79 Å². The summed E-state index contributed by atoms with van der Waals surface area (Å²) < 4.78 is 1.51. The SMILES string of the molecule is Cc1ccc(C(NC(=O)CSc2nc3ccc(C)cc3c(=O)n2C)c2cccs2)cc1. The molecule has 2 aromatic carbocycles. The van der Waals surface area contributed by atoms with E-state index < -0.39 is 0 Å². The van der Waals surface area contributed by atoms with Crippen molar-refractivity contribution in [1.82, 2.24) is 14.9 Å². The number of amides is 1. The molecule has 2 aromatic heterocycles. The predicted octanol–water partition coefficient (Wildman–Crippen LogP) is 4.61. The zero-order chi connectivity index (χ0) is 22.0. The number of aromatic nitrogens is 2. The van der Waals surface area contributed by atoms with E-state index in [2.05, 4.69) is 10.3 Å². The van der Waals surface area contributed by atoms with Crippen molar-refractivity contribution in [3.05, 3.63) is 91.9 Å². The molecule has 7 heteroatoms. The molecule has 0 saturated carbocycles. The second kappa shape index (κ2) is 9.08. The Labute approximate surface area is 189 Å². The molecule has 0 aliphatic rings. The van der Waals surface area contributed by atoms with Crippen molar-refractivity contribution in [1.29, 1.82) is 0 Å². The number of fused-ring (bicyclic) bond motifs is 1. The predicted molar refractivity (Wildman–Crippen MR) is 128 cm³/mol. The van der Waals surface area contributed by atoms with Gasteiger partial charge in [-0.15, -0.1) is 11.3 Å². The Morgan fingerprint density at radius 2 is 1.87 bits per heavy atom. The lowest BCUT2D eigenvalue weighted by Gasteiger charge is -2.18. The highest BCUT2D eigenvalue weighted by atomic mass is 32.2. The van der Waals surface area contributed by atoms with Gasteiger partial charge in [-0.05, 0) is 43.0 Å². The molecule has 4 aromatic rings. The maximum atomic E-state index is 12.8. The van der Waals surface area contributed by atoms with Gasteiger partial charge in [0.2, 0.25) is 5.91 Å². The normalized spacial score (nSPS) is 12.1. The Balaban J connectivity index is 1.52. The van der Waals surface area contributed by atoms with Gasteiger partial charge in [-0.25, -0.2) is 4.98 Å². The second-order valence-corrected chi connectivity index (χ2v) is 9.42. The van der Waals surface area contributed by atoms with Gasteiger partial charge in [-0.3, -0.25) is 14.2 Å². The summed E-state index contributed by atoms with van der Waals surface area (Å²) >= 11 is 2.88. The quantitative estimate of drug-likeness (QED) is 0.345. The lowest BCUT2D eigenvalue weighted by molar-refractivity contribution is -0.119. The van der Waals surface area contributed by atoms with E-state index in [4.69, 9.17) is 0 Å². The molecule has 0 aliphatic heterocycles. The van der Waals surface area contributed by atoms with Crippen LogP contribution in [0.25, 0.3) is 10.9 Å². The fourth-order valence-electron chi connectivity index (χ4n) is 3.36. The molecule has 1 N–H and O–H groups in total. The Kier molecular flexibility index (Phi) is 6.25. The Hall–Kier alpha value is -2.90. The molecule has 0 saturated heterocycles. The molecule has 31 heavy (non-hydrogen) atoms. The third-order valence-corrected chi connectivity index (χ3v) is 7.03. The number of rotatable bonds is 6. The molecule has 0 aliphatic carbocycles. The van der Waals surface area contributed by atoms with Gasteiger partial charge in [0, 0.05) is 11.9 Å². The smallest absolute Gasteiger partial charge is 0.261 e. The Morgan fingerprint density at radius 1 is 1.13 bits per heavy atom. The number of nitrogens with zero attached hydrogens (tertiary/aromatic N) is 2. The Bertz CT molecular complexity index is 1280. The minimum Gasteiger partial charge on any atom is -0.344 e. The molecular weight excluding hydrogens is 426 g/mol. The van der Waals surface area contributed by atoms with Gasteiger partial charge in [0.05, 0.1) is 22.7 Å². The highest BCUT2D eigenvalue weighted by Gasteiger charge is 2.19. The average Bonchev–Trinajstić information content (AvgIpc) is 3.29. The molecule has 0 bridgehead atoms. The summed E-state index contributed by atoms with van der Waals surface area (Å²) in [6.07, 6.45) is 0. The van der Waals surface area contributed by atoms with Crippen molar-refractivity contribution in [3.8, 4) is 0 Å². The molecule has 5 nitrogen and oxygen atoms in total. The zero-order valence-electron chi connectivity index (χ0n) is 17.6. The summed E-state index contributed by atoms with van der Waals surface area (Å²) in [5.41, 5.74) is 3.77. The first-order chi connectivity index (χ1) is 14.9. The molecule has 1 unspecified atom stereocenters. The van der Waals surface area contributed by atoms with Crippen LogP contribution >= 0.6 is 23.1 Å². The molecule has 0 fully saturated rings. The molecule has 2 heterocycles. The monoisotopic (exact) mass is 449 g/mol. The van der Waals surface area contributed by atoms with E-state index >= 15 is 0 Å². The highest BCUT2D eigenvalue weighted by Crippen LogP contribution is 2.27. The van der Waals surface area contributed by atoms with E-state index in [0.29, 0.717) is 16.1 Å². The second-order valence-electron chi connectivity index (χ2n) is 7.49. The third kappa shape index (κ3) is 4.73. The fourth-order valence-corrected chi connectivity index (χ4v) is 4.94. The molecular formula is C24H23N3O2S2. The van der Waals surface area contributed by atoms with Crippen molar-refractivity contribution in [2.75, 3.05) is 5.75 Å². The van der Waals surface area contributed by atoms with Gasteiger partial charge in [0.15, 0.2) is 5.16 Å². The van der Waals surface area contributed by atoms with Crippen LogP contribution in [0.4, 0.5) is 0 Å². The maximum Gasteiger partial charge on any atom is 0.261 e. The van der Waals surface area contributed by atoms with Crippen molar-refractivity contribution in [2.45, 2.75) is 25.0 Å². The summed E-state index contributed by atoms with van der Waals surface area (Å²) in [5, 5.41) is 6.27. The van der Waals surface area contributed by atoms with Gasteiger partial charge < -0.3 is 5.32 Å². The molecule has 1 atom stereocenters. The Morgan fingerprint density at radius 3 is 2.58 bits per heavy atom. The van der Waals surface area contributed by atoms with Crippen molar-refractivity contribution in [2.24, 2.45) is 7.05 Å². The topological polar surface area (TPSA) is 64.0 Å². The van der Waals surface area contributed by atoms with Crippen LogP contribution in [0.3, 0.4) is 0 Å². The fraction of sp³-hybridized carbons (Fsp3) is 0.208. The summed E-state index contributed by atoms with van der Waals surface area (Å²) in [5.74, 6) is 0.0630. The van der Waals surface area contributed by atoms with E-state index in [9.17, 15) is 9.59 Å². The molecule has 158 valence electrons. The highest BCUT2D eigenvalue weighted by molar-refractivity contribution is 7.99. The van der Waals surface area contributed by atoms with Crippen molar-refractivity contribution in [3.63, 3.8) is 0 Å². The number of hydrogen-bond acceptors (Lipinski definition) is 5. The first-order valence-corrected chi connectivity index (χ1v) is 11.8. The number of hydrogen-bond donors (Lipinski definition) is 1. The minimum absolute atomic E-state index is 0.104. The zero-order valence-corrected chi connectivity index (χ0v) is 19.2. The van der Waals surface area contributed by atoms with E-state index in [0.717, 1.165) is 16.0 Å². The molecule has 1 amide bonds. The van der Waals surface area contributed by atoms with Gasteiger partial charge in [-0.2, -0.15) is 0 Å². The van der Waals surface area contributed by atoms with E-state index in [1.807, 2.05) is 73.8 Å². The number of benzene rings is 2. The number of carbonyl (C=O) groups is 1. The first-order valence-electron chi connectivity index (χ1n) is 9.92. The van der Waals surface area contributed by atoms with Crippen molar-refractivity contribution >= 4 is 39.9 Å². The van der Waals surface area contributed by atoms with Crippen LogP contribution in [-0.2, 0) is 11.8 Å². The van der Waals surface area contributed by atoms with E-state index in [1.165, 1.54) is 21.9 Å². The van der Waals surface area contributed by atoms with Gasteiger partial charge in [0.25, 0.3) is 5.56 Å². The van der Waals surface area contributed by atoms with Gasteiger partial charge in [-0.1, -0.05) is 59.3 Å². The number of thioether (sulfide) groups is 1. The largest absolute Gasteiger partial charge is 0.344 e. The summed E-state index contributed by atoms with van der Waals surface area (Å²) in [6.45, 7) is 3.99. The maximum absolute atomic E-state index is 12.8. The first kappa shape index (κ1) is 21.3. The standard InChI is InChI=1S/C24H23N3O2S2/c1-15-6-9-17(10-7-15)22(20-5-4-12-30-20)26-21(28)14-31-24-25-19-11-8-16(2)13-18(19)23(29)27(24)3/h4-13,22H,14H2,1-3H3,(H,26,28). The molecule has 4 rings (SSSR count). The number of aryl methyl sites for hydroxylation is 2. The van der Waals surface area contributed by atoms with Crippen LogP contribution in [-0.4, -0.2) is 21.2 Å². The van der Waals surface area contributed by atoms with Crippen LogP contribution in [0.15, 0.2) is 69.9 Å². The summed E-state index contributed by atoms with van der Waals surface area (Å²) in [7, 11) is 1.69. The minimum atomic E-state index is -0.204. The van der Waals surface area contributed by atoms with Crippen LogP contribution in [0.5, 0.6) is 0 Å². The summed E-state index contributed by atoms with van der Waals surface area (Å²) in [4.78, 5) is 31.2. The number of nitrogens with one attached hydrogen (secondary N) is 1. The van der Waals surface area contributed by atoms with Crippen LogP contribution < -0.4 is 10.9 Å². The lowest BCUT2D eigenvalue weighted by Crippen LogP contribution is -2.30. The summed E-state index contributed by atoms with van der Waals surface area (Å²) in [6, 6.07) is 17.6. The van der Waals surface area contributed by atoms with Crippen LogP contribution in [0.2, 0.25) is 0 Å². The van der Waals surface area contributed by atoms with E-state index in [1.54, 1.807) is 18.4 Å². The molecule has 0 spiro atoms. The van der Waals surface area contributed by atoms with Gasteiger partial charge in [0.1, 0.15) is 0 Å². The van der Waals surface area contributed by atoms with E-state index in [-0.39, 0.29) is 23.3 Å². The van der Waals surface area contributed by atoms with Gasteiger partial charge >= 0.3 is 0 Å².